The molecule has 0 atom stereocenters. The predicted octanol–water partition coefficient (Wildman–Crippen LogP) is 1.77. The summed E-state index contributed by atoms with van der Waals surface area (Å²) in [5.74, 6) is -0.00942. The van der Waals surface area contributed by atoms with Gasteiger partial charge in [-0.15, -0.1) is 0 Å². The minimum atomic E-state index is -3.91. The molecule has 3 aromatic rings. The van der Waals surface area contributed by atoms with Gasteiger partial charge in [-0.05, 0) is 24.3 Å². The summed E-state index contributed by atoms with van der Waals surface area (Å²) in [7, 11) is -2.63. The lowest BCUT2D eigenvalue weighted by atomic mass is 10.3. The van der Waals surface area contributed by atoms with Crippen molar-refractivity contribution in [2.45, 2.75) is 11.4 Å². The third-order valence-corrected chi connectivity index (χ3v) is 7.50. The molecule has 0 radical (unpaired) electrons. The molecular weight excluding hydrogens is 474 g/mol. The van der Waals surface area contributed by atoms with Crippen molar-refractivity contribution in [2.75, 3.05) is 33.3 Å². The fourth-order valence-corrected chi connectivity index (χ4v) is 5.29. The van der Waals surface area contributed by atoms with E-state index < -0.39 is 20.6 Å². The normalized spacial score (nSPS) is 15.6. The second-order valence-corrected chi connectivity index (χ2v) is 9.81. The predicted molar refractivity (Wildman–Crippen MR) is 120 cm³/mol. The molecule has 11 nitrogen and oxygen atoms in total. The Kier molecular flexibility index (Phi) is 6.34. The summed E-state index contributed by atoms with van der Waals surface area (Å²) in [5.41, 5.74) is 0.389. The molecule has 3 heterocycles. The molecule has 4 rings (SSSR count). The molecule has 0 bridgehead atoms. The Morgan fingerprint density at radius 1 is 1.15 bits per heavy atom. The molecule has 1 saturated heterocycles. The number of sulfonamides is 1. The molecule has 0 unspecified atom stereocenters. The third-order valence-electron chi connectivity index (χ3n) is 5.38. The Labute approximate surface area is 194 Å². The fourth-order valence-electron chi connectivity index (χ4n) is 3.69. The van der Waals surface area contributed by atoms with Gasteiger partial charge in [0.1, 0.15) is 5.65 Å². The van der Waals surface area contributed by atoms with Crippen LogP contribution in [0.2, 0.25) is 5.02 Å². The van der Waals surface area contributed by atoms with Gasteiger partial charge in [-0.25, -0.2) is 13.4 Å². The Morgan fingerprint density at radius 2 is 1.88 bits per heavy atom. The van der Waals surface area contributed by atoms with Crippen molar-refractivity contribution >= 4 is 33.0 Å². The summed E-state index contributed by atoms with van der Waals surface area (Å²) in [6, 6.07) is 8.33. The number of piperazine rings is 1. The molecule has 2 aromatic heterocycles. The zero-order chi connectivity index (χ0) is 23.8. The van der Waals surface area contributed by atoms with Crippen LogP contribution in [0, 0.1) is 10.1 Å². The minimum Gasteiger partial charge on any atom is -0.490 e. The monoisotopic (exact) mass is 493 g/mol. The highest BCUT2D eigenvalue weighted by Gasteiger charge is 2.30. The van der Waals surface area contributed by atoms with Crippen LogP contribution in [0.25, 0.3) is 5.65 Å². The third kappa shape index (κ3) is 4.69. The first kappa shape index (κ1) is 23.1. The maximum absolute atomic E-state index is 13.0. The largest absolute Gasteiger partial charge is 0.490 e. The van der Waals surface area contributed by atoms with Crippen LogP contribution in [0.1, 0.15) is 5.69 Å². The number of fused-ring (bicyclic) bond motifs is 1. The van der Waals surface area contributed by atoms with Gasteiger partial charge in [-0.2, -0.15) is 4.31 Å². The maximum atomic E-state index is 13.0. The second-order valence-electron chi connectivity index (χ2n) is 7.43. The van der Waals surface area contributed by atoms with Gasteiger partial charge in [0, 0.05) is 51.1 Å². The van der Waals surface area contributed by atoms with E-state index in [9.17, 15) is 23.3 Å². The van der Waals surface area contributed by atoms with Gasteiger partial charge in [0.2, 0.25) is 10.0 Å². The molecule has 33 heavy (non-hydrogen) atoms. The van der Waals surface area contributed by atoms with Crippen molar-refractivity contribution in [3.8, 4) is 5.75 Å². The van der Waals surface area contributed by atoms with E-state index in [2.05, 4.69) is 4.98 Å². The number of rotatable bonds is 6. The van der Waals surface area contributed by atoms with Crippen LogP contribution in [0.4, 0.5) is 5.69 Å². The number of halogens is 1. The molecule has 0 amide bonds. The molecular formula is C20H20ClN5O6S. The average Bonchev–Trinajstić information content (AvgIpc) is 2.79. The number of ether oxygens (including phenoxy) is 1. The van der Waals surface area contributed by atoms with Crippen molar-refractivity contribution in [2.24, 2.45) is 0 Å². The SMILES string of the molecule is COc1ccc(S(=O)(=O)N2CCN(Cc3cc(=O)n4cc(Cl)ccc4n3)CC2)cc1[N+](=O)[O-]. The zero-order valence-electron chi connectivity index (χ0n) is 17.5. The van der Waals surface area contributed by atoms with Crippen LogP contribution >= 0.6 is 11.6 Å². The Morgan fingerprint density at radius 3 is 2.55 bits per heavy atom. The highest BCUT2D eigenvalue weighted by atomic mass is 35.5. The lowest BCUT2D eigenvalue weighted by Crippen LogP contribution is -2.48. The quantitative estimate of drug-likeness (QED) is 0.375. The number of methoxy groups -OCH3 is 1. The maximum Gasteiger partial charge on any atom is 0.312 e. The van der Waals surface area contributed by atoms with E-state index in [0.717, 1.165) is 6.07 Å². The van der Waals surface area contributed by atoms with Crippen molar-refractivity contribution in [3.63, 3.8) is 0 Å². The summed E-state index contributed by atoms with van der Waals surface area (Å²) in [4.78, 5) is 29.2. The smallest absolute Gasteiger partial charge is 0.312 e. The Balaban J connectivity index is 1.47. The molecule has 1 aromatic carbocycles. The van der Waals surface area contributed by atoms with Crippen LogP contribution in [-0.4, -0.2) is 65.2 Å². The van der Waals surface area contributed by atoms with Crippen molar-refractivity contribution in [3.05, 3.63) is 73.8 Å². The lowest BCUT2D eigenvalue weighted by molar-refractivity contribution is -0.386. The highest BCUT2D eigenvalue weighted by molar-refractivity contribution is 7.89. The molecule has 1 aliphatic heterocycles. The highest BCUT2D eigenvalue weighted by Crippen LogP contribution is 2.30. The van der Waals surface area contributed by atoms with E-state index in [0.29, 0.717) is 36.0 Å². The van der Waals surface area contributed by atoms with Crippen LogP contribution < -0.4 is 10.3 Å². The van der Waals surface area contributed by atoms with E-state index in [-0.39, 0.29) is 29.3 Å². The Hall–Kier alpha value is -3.06. The van der Waals surface area contributed by atoms with Gasteiger partial charge >= 0.3 is 5.69 Å². The summed E-state index contributed by atoms with van der Waals surface area (Å²) in [6.45, 7) is 1.61. The van der Waals surface area contributed by atoms with Gasteiger partial charge in [-0.3, -0.25) is 24.2 Å². The van der Waals surface area contributed by atoms with E-state index in [4.69, 9.17) is 16.3 Å². The molecule has 1 fully saturated rings. The number of pyridine rings is 1. The average molecular weight is 494 g/mol. The second kappa shape index (κ2) is 9.06. The number of nitro groups is 1. The summed E-state index contributed by atoms with van der Waals surface area (Å²) in [6.07, 6.45) is 1.50. The summed E-state index contributed by atoms with van der Waals surface area (Å²) in [5, 5.41) is 11.7. The molecule has 13 heteroatoms. The Bertz CT molecular complexity index is 1390. The molecule has 0 saturated carbocycles. The van der Waals surface area contributed by atoms with E-state index in [1.807, 2.05) is 4.90 Å². The van der Waals surface area contributed by atoms with Crippen molar-refractivity contribution in [1.82, 2.24) is 18.6 Å². The van der Waals surface area contributed by atoms with Crippen molar-refractivity contribution < 1.29 is 18.1 Å². The first-order valence-corrected chi connectivity index (χ1v) is 11.7. The van der Waals surface area contributed by atoms with Gasteiger partial charge in [0.15, 0.2) is 5.75 Å². The summed E-state index contributed by atoms with van der Waals surface area (Å²) >= 11 is 5.93. The molecule has 0 N–H and O–H groups in total. The minimum absolute atomic E-state index is 0.00942. The number of aromatic nitrogens is 2. The molecule has 0 aliphatic carbocycles. The van der Waals surface area contributed by atoms with E-state index in [1.165, 1.54) is 40.2 Å². The van der Waals surface area contributed by atoms with E-state index >= 15 is 0 Å². The number of nitro benzene ring substituents is 1. The number of benzene rings is 1. The van der Waals surface area contributed by atoms with Gasteiger partial charge in [-0.1, -0.05) is 11.6 Å². The van der Waals surface area contributed by atoms with E-state index in [1.54, 1.807) is 12.1 Å². The van der Waals surface area contributed by atoms with Crippen LogP contribution in [-0.2, 0) is 16.6 Å². The van der Waals surface area contributed by atoms with Crippen LogP contribution in [0.5, 0.6) is 5.75 Å². The topological polar surface area (TPSA) is 127 Å². The van der Waals surface area contributed by atoms with Gasteiger partial charge < -0.3 is 4.74 Å². The first-order valence-electron chi connectivity index (χ1n) is 9.92. The first-order chi connectivity index (χ1) is 15.7. The summed E-state index contributed by atoms with van der Waals surface area (Å²) < 4.78 is 33.6. The zero-order valence-corrected chi connectivity index (χ0v) is 19.1. The molecule has 174 valence electrons. The number of hydrogen-bond acceptors (Lipinski definition) is 8. The lowest BCUT2D eigenvalue weighted by Gasteiger charge is -2.33. The number of hydrogen-bond donors (Lipinski definition) is 0. The standard InChI is InChI=1S/C20H20ClN5O6S/c1-32-18-4-3-16(11-17(18)26(28)29)33(30,31)24-8-6-23(7-9-24)13-15-10-20(27)25-12-14(21)2-5-19(25)22-15/h2-5,10-12H,6-9,13H2,1H3. The van der Waals surface area contributed by atoms with Gasteiger partial charge in [0.05, 0.1) is 27.6 Å². The number of nitrogens with zero attached hydrogens (tertiary/aromatic N) is 5. The van der Waals surface area contributed by atoms with Crippen molar-refractivity contribution in [1.29, 1.82) is 0 Å². The van der Waals surface area contributed by atoms with Crippen LogP contribution in [0.15, 0.2) is 52.3 Å². The molecule has 0 spiro atoms. The molecule has 1 aliphatic rings. The van der Waals surface area contributed by atoms with Crippen LogP contribution in [0.3, 0.4) is 0 Å². The van der Waals surface area contributed by atoms with Gasteiger partial charge in [0.25, 0.3) is 5.56 Å². The fraction of sp³-hybridized carbons (Fsp3) is 0.300.